The van der Waals surface area contributed by atoms with E-state index < -0.39 is 0 Å². The monoisotopic (exact) mass is 762 g/mol. The van der Waals surface area contributed by atoms with E-state index in [-0.39, 0.29) is 0 Å². The van der Waals surface area contributed by atoms with E-state index in [9.17, 15) is 0 Å². The first-order valence-corrected chi connectivity index (χ1v) is 20.7. The minimum atomic E-state index is 0.659. The van der Waals surface area contributed by atoms with E-state index in [0.717, 1.165) is 22.4 Å². The van der Waals surface area contributed by atoms with E-state index in [0.29, 0.717) is 17.5 Å². The van der Waals surface area contributed by atoms with Crippen molar-refractivity contribution in [1.29, 1.82) is 0 Å². The summed E-state index contributed by atoms with van der Waals surface area (Å²) in [6, 6.07) is 64.8. The van der Waals surface area contributed by atoms with Crippen molar-refractivity contribution in [3.05, 3.63) is 182 Å². The van der Waals surface area contributed by atoms with Crippen molar-refractivity contribution in [2.24, 2.45) is 0 Å². The smallest absolute Gasteiger partial charge is 0.164 e. The van der Waals surface area contributed by atoms with Crippen LogP contribution in [0.4, 0.5) is 0 Å². The number of aromatic nitrogens is 4. The fourth-order valence-electron chi connectivity index (χ4n) is 8.53. The molecular formula is C51H30N4S2. The van der Waals surface area contributed by atoms with Gasteiger partial charge in [0, 0.05) is 84.6 Å². The zero-order valence-corrected chi connectivity index (χ0v) is 32.1. The van der Waals surface area contributed by atoms with Gasteiger partial charge in [0.15, 0.2) is 17.5 Å². The van der Waals surface area contributed by atoms with Crippen LogP contribution in [0.15, 0.2) is 182 Å². The Morgan fingerprint density at radius 2 is 1.00 bits per heavy atom. The molecule has 0 radical (unpaired) electrons. The van der Waals surface area contributed by atoms with E-state index in [1.807, 2.05) is 29.5 Å². The van der Waals surface area contributed by atoms with Gasteiger partial charge in [-0.05, 0) is 36.4 Å². The Labute approximate surface area is 335 Å². The molecule has 12 aromatic rings. The van der Waals surface area contributed by atoms with Crippen molar-refractivity contribution >= 4 is 84.8 Å². The lowest BCUT2D eigenvalue weighted by Crippen LogP contribution is -2.00. The van der Waals surface area contributed by atoms with E-state index in [2.05, 4.69) is 168 Å². The first-order chi connectivity index (χ1) is 28.3. The molecule has 8 aromatic carbocycles. The van der Waals surface area contributed by atoms with Crippen LogP contribution in [-0.4, -0.2) is 19.5 Å². The topological polar surface area (TPSA) is 43.6 Å². The van der Waals surface area contributed by atoms with Gasteiger partial charge in [-0.1, -0.05) is 146 Å². The van der Waals surface area contributed by atoms with Crippen molar-refractivity contribution in [3.8, 4) is 51.0 Å². The van der Waals surface area contributed by atoms with Gasteiger partial charge >= 0.3 is 0 Å². The van der Waals surface area contributed by atoms with Crippen LogP contribution in [0, 0.1) is 0 Å². The van der Waals surface area contributed by atoms with Gasteiger partial charge in [-0.25, -0.2) is 15.0 Å². The number of rotatable bonds is 5. The van der Waals surface area contributed by atoms with Crippen LogP contribution in [0.2, 0.25) is 0 Å². The lowest BCUT2D eigenvalue weighted by Gasteiger charge is -2.12. The van der Waals surface area contributed by atoms with Crippen molar-refractivity contribution in [1.82, 2.24) is 19.5 Å². The van der Waals surface area contributed by atoms with Gasteiger partial charge in [-0.3, -0.25) is 0 Å². The van der Waals surface area contributed by atoms with Crippen LogP contribution < -0.4 is 0 Å². The van der Waals surface area contributed by atoms with Crippen LogP contribution >= 0.6 is 22.7 Å². The Hall–Kier alpha value is -6.99. The Morgan fingerprint density at radius 1 is 0.368 bits per heavy atom. The molecule has 0 spiro atoms. The first kappa shape index (κ1) is 32.3. The summed E-state index contributed by atoms with van der Waals surface area (Å²) in [6.45, 7) is 0. The lowest BCUT2D eigenvalue weighted by molar-refractivity contribution is 1.08. The highest BCUT2D eigenvalue weighted by Gasteiger charge is 2.21. The van der Waals surface area contributed by atoms with Gasteiger partial charge < -0.3 is 4.57 Å². The Kier molecular flexibility index (Phi) is 7.24. The highest BCUT2D eigenvalue weighted by Crippen LogP contribution is 2.45. The van der Waals surface area contributed by atoms with E-state index in [4.69, 9.17) is 15.0 Å². The van der Waals surface area contributed by atoms with Crippen LogP contribution in [0.1, 0.15) is 0 Å². The second kappa shape index (κ2) is 12.8. The number of fused-ring (bicyclic) bond motifs is 9. The molecule has 266 valence electrons. The predicted molar refractivity (Wildman–Crippen MR) is 242 cm³/mol. The molecule has 0 aliphatic carbocycles. The average Bonchev–Trinajstić information content (AvgIpc) is 3.96. The molecule has 0 saturated carbocycles. The van der Waals surface area contributed by atoms with Gasteiger partial charge in [0.25, 0.3) is 0 Å². The fourth-order valence-corrected chi connectivity index (χ4v) is 10.9. The quantitative estimate of drug-likeness (QED) is 0.175. The summed E-state index contributed by atoms with van der Waals surface area (Å²) in [5.41, 5.74) is 8.95. The minimum Gasteiger partial charge on any atom is -0.309 e. The number of para-hydroxylation sites is 3. The molecule has 0 fully saturated rings. The van der Waals surface area contributed by atoms with Gasteiger partial charge in [0.05, 0.1) is 11.0 Å². The molecule has 0 unspecified atom stereocenters. The zero-order valence-electron chi connectivity index (χ0n) is 30.4. The second-order valence-corrected chi connectivity index (χ2v) is 16.5. The molecule has 6 heteroatoms. The molecule has 0 amide bonds. The molecule has 57 heavy (non-hydrogen) atoms. The maximum Gasteiger partial charge on any atom is 0.164 e. The van der Waals surface area contributed by atoms with Crippen LogP contribution in [0.25, 0.3) is 113 Å². The SMILES string of the molecule is c1ccc(-c2nc(-c3ccc4c(c3)sc3c(-c5cccc6c7ccccc7n(-c7ccccc7)c56)cccc34)nc(-c3cccc4sc5ccccc5c34)n2)cc1. The number of thiophene rings is 2. The standard InChI is InChI=1S/C51H30N4S2/c1-3-14-31(15-4-1)49-52-50(54-51(53-49)41-24-13-27-44-46(41)40-19-8-10-26-43(40)56-44)32-28-29-35-38-22-12-23-39(48(38)57-45(35)30-32)37-21-11-20-36-34-18-7-9-25-42(34)55(47(36)37)33-16-5-2-6-17-33/h1-30H. The third-order valence-corrected chi connectivity index (χ3v) is 13.4. The molecular weight excluding hydrogens is 733 g/mol. The number of hydrogen-bond donors (Lipinski definition) is 0. The van der Waals surface area contributed by atoms with Crippen molar-refractivity contribution in [2.75, 3.05) is 0 Å². The van der Waals surface area contributed by atoms with E-state index in [1.54, 1.807) is 11.3 Å². The average molecular weight is 763 g/mol. The molecule has 4 nitrogen and oxygen atoms in total. The van der Waals surface area contributed by atoms with E-state index >= 15 is 0 Å². The van der Waals surface area contributed by atoms with Crippen LogP contribution in [-0.2, 0) is 0 Å². The Balaban J connectivity index is 1.06. The van der Waals surface area contributed by atoms with Gasteiger partial charge in [-0.2, -0.15) is 0 Å². The Bertz CT molecular complexity index is 3530. The fraction of sp³-hybridized carbons (Fsp3) is 0. The number of hydrogen-bond acceptors (Lipinski definition) is 5. The summed E-state index contributed by atoms with van der Waals surface area (Å²) in [5.74, 6) is 1.99. The third kappa shape index (κ3) is 5.08. The first-order valence-electron chi connectivity index (χ1n) is 19.0. The molecule has 4 aromatic heterocycles. The van der Waals surface area contributed by atoms with Gasteiger partial charge in [0.1, 0.15) is 0 Å². The lowest BCUT2D eigenvalue weighted by atomic mass is 9.99. The third-order valence-electron chi connectivity index (χ3n) is 11.1. The maximum absolute atomic E-state index is 5.24. The van der Waals surface area contributed by atoms with Gasteiger partial charge in [-0.15, -0.1) is 22.7 Å². The minimum absolute atomic E-state index is 0.659. The van der Waals surface area contributed by atoms with Crippen LogP contribution in [0.5, 0.6) is 0 Å². The highest BCUT2D eigenvalue weighted by atomic mass is 32.1. The summed E-state index contributed by atoms with van der Waals surface area (Å²) < 4.78 is 7.36. The molecule has 0 atom stereocenters. The second-order valence-electron chi connectivity index (χ2n) is 14.3. The summed E-state index contributed by atoms with van der Waals surface area (Å²) >= 11 is 3.64. The maximum atomic E-state index is 5.24. The summed E-state index contributed by atoms with van der Waals surface area (Å²) in [5, 5.41) is 7.38. The summed E-state index contributed by atoms with van der Waals surface area (Å²) in [6.07, 6.45) is 0. The zero-order chi connectivity index (χ0) is 37.5. The van der Waals surface area contributed by atoms with Crippen molar-refractivity contribution in [2.45, 2.75) is 0 Å². The number of benzene rings is 8. The molecule has 0 N–H and O–H groups in total. The van der Waals surface area contributed by atoms with Crippen LogP contribution in [0.3, 0.4) is 0 Å². The van der Waals surface area contributed by atoms with E-state index in [1.165, 1.54) is 73.3 Å². The summed E-state index contributed by atoms with van der Waals surface area (Å²) in [7, 11) is 0. The van der Waals surface area contributed by atoms with Crippen molar-refractivity contribution < 1.29 is 0 Å². The molecule has 0 aliphatic rings. The normalized spacial score (nSPS) is 11.9. The Morgan fingerprint density at radius 3 is 1.86 bits per heavy atom. The molecule has 4 heterocycles. The van der Waals surface area contributed by atoms with Crippen molar-refractivity contribution in [3.63, 3.8) is 0 Å². The molecule has 12 rings (SSSR count). The summed E-state index contributed by atoms with van der Waals surface area (Å²) in [4.78, 5) is 15.5. The number of nitrogens with zero attached hydrogens (tertiary/aromatic N) is 4. The molecule has 0 aliphatic heterocycles. The van der Waals surface area contributed by atoms with Gasteiger partial charge in [0.2, 0.25) is 0 Å². The predicted octanol–water partition coefficient (Wildman–Crippen LogP) is 14.4. The highest BCUT2D eigenvalue weighted by molar-refractivity contribution is 7.26. The molecule has 0 saturated heterocycles. The molecule has 0 bridgehead atoms. The largest absolute Gasteiger partial charge is 0.309 e.